The maximum atomic E-state index is 12.8. The Balaban J connectivity index is 1.25. The molecule has 2 aliphatic rings. The Morgan fingerprint density at radius 3 is 2.71 bits per heavy atom. The molecule has 0 unspecified atom stereocenters. The summed E-state index contributed by atoms with van der Waals surface area (Å²) in [4.78, 5) is 15.3. The minimum atomic E-state index is -0.232. The topological polar surface area (TPSA) is 90.1 Å². The number of fused-ring (bicyclic) bond motifs is 2. The molecule has 5 rings (SSSR count). The average Bonchev–Trinajstić information content (AvgIpc) is 3.50. The van der Waals surface area contributed by atoms with Gasteiger partial charge in [-0.05, 0) is 43.0 Å². The number of likely N-dealkylation sites (tertiary alicyclic amines) is 1. The first-order valence-corrected chi connectivity index (χ1v) is 10.7. The van der Waals surface area contributed by atoms with E-state index in [0.717, 1.165) is 50.7 Å². The predicted octanol–water partition coefficient (Wildman–Crippen LogP) is 2.06. The number of ether oxygens (including phenoxy) is 1. The summed E-state index contributed by atoms with van der Waals surface area (Å²) in [5.41, 5.74) is 1.95. The number of carbonyl (C=O) groups excluding carboxylic acids is 1. The van der Waals surface area contributed by atoms with Gasteiger partial charge in [-0.2, -0.15) is 5.10 Å². The number of aromatic nitrogens is 5. The summed E-state index contributed by atoms with van der Waals surface area (Å²) in [6.07, 6.45) is 4.94. The molecule has 31 heavy (non-hydrogen) atoms. The van der Waals surface area contributed by atoms with Gasteiger partial charge in [0.15, 0.2) is 0 Å². The smallest absolute Gasteiger partial charge is 0.293 e. The number of amides is 1. The fourth-order valence-electron chi connectivity index (χ4n) is 4.70. The number of hydrogen-bond donors (Lipinski definition) is 1. The van der Waals surface area contributed by atoms with Crippen molar-refractivity contribution in [2.75, 3.05) is 25.5 Å². The predicted molar refractivity (Wildman–Crippen MR) is 115 cm³/mol. The Bertz CT molecular complexity index is 1070. The van der Waals surface area contributed by atoms with E-state index in [0.29, 0.717) is 23.3 Å². The first kappa shape index (κ1) is 19.7. The molecule has 1 N–H and O–H groups in total. The number of carbonyl (C=O) groups is 1. The van der Waals surface area contributed by atoms with Gasteiger partial charge >= 0.3 is 0 Å². The zero-order valence-corrected chi connectivity index (χ0v) is 17.9. The van der Waals surface area contributed by atoms with Gasteiger partial charge in [0, 0.05) is 56.6 Å². The first-order chi connectivity index (χ1) is 15.1. The lowest BCUT2D eigenvalue weighted by Gasteiger charge is -2.25. The van der Waals surface area contributed by atoms with Crippen molar-refractivity contribution in [1.29, 1.82) is 0 Å². The Labute approximate surface area is 181 Å². The highest BCUT2D eigenvalue weighted by molar-refractivity contribution is 6.01. The van der Waals surface area contributed by atoms with Crippen LogP contribution in [0, 0.1) is 11.8 Å². The van der Waals surface area contributed by atoms with Crippen LogP contribution in [0.4, 0.5) is 5.69 Å². The van der Waals surface area contributed by atoms with E-state index in [-0.39, 0.29) is 5.91 Å². The van der Waals surface area contributed by atoms with Crippen LogP contribution in [0.25, 0.3) is 0 Å². The molecule has 1 amide bonds. The van der Waals surface area contributed by atoms with Crippen LogP contribution < -0.4 is 10.1 Å². The molecule has 1 fully saturated rings. The summed E-state index contributed by atoms with van der Waals surface area (Å²) in [5.74, 6) is 2.85. The Hall–Kier alpha value is -3.20. The maximum absolute atomic E-state index is 12.8. The first-order valence-electron chi connectivity index (χ1n) is 10.7. The standard InChI is InChI=1S/C22H27N7O2/c1-3-28-11-15(9-23-28)10-27-12-16-8-20-25-26-21(29(20)14-17(16)13-27)22(30)24-18-4-6-19(31-2)7-5-18/h4-7,9,11,16-17H,3,8,10,12-14H2,1-2H3,(H,24,30)/t16-,17+/m0/s1. The number of rotatable bonds is 6. The van der Waals surface area contributed by atoms with Crippen LogP contribution in [0.5, 0.6) is 5.75 Å². The number of nitrogens with one attached hydrogen (secondary N) is 1. The number of hydrogen-bond acceptors (Lipinski definition) is 6. The van der Waals surface area contributed by atoms with E-state index in [2.05, 4.69) is 38.6 Å². The van der Waals surface area contributed by atoms with Gasteiger partial charge in [0.05, 0.1) is 13.3 Å². The van der Waals surface area contributed by atoms with Gasteiger partial charge in [-0.15, -0.1) is 10.2 Å². The summed E-state index contributed by atoms with van der Waals surface area (Å²) < 4.78 is 9.13. The van der Waals surface area contributed by atoms with Gasteiger partial charge in [-0.25, -0.2) is 0 Å². The van der Waals surface area contributed by atoms with E-state index in [1.54, 1.807) is 7.11 Å². The molecule has 2 aliphatic heterocycles. The van der Waals surface area contributed by atoms with Crippen molar-refractivity contribution in [1.82, 2.24) is 29.4 Å². The molecule has 9 heteroatoms. The highest BCUT2D eigenvalue weighted by Gasteiger charge is 2.39. The van der Waals surface area contributed by atoms with Crippen LogP contribution >= 0.6 is 0 Å². The van der Waals surface area contributed by atoms with E-state index in [9.17, 15) is 4.79 Å². The van der Waals surface area contributed by atoms with Crippen molar-refractivity contribution in [2.45, 2.75) is 33.0 Å². The van der Waals surface area contributed by atoms with Gasteiger partial charge in [0.25, 0.3) is 5.91 Å². The number of nitrogens with zero attached hydrogens (tertiary/aromatic N) is 6. The monoisotopic (exact) mass is 421 g/mol. The minimum Gasteiger partial charge on any atom is -0.497 e. The van der Waals surface area contributed by atoms with Crippen LogP contribution in [0.15, 0.2) is 36.7 Å². The van der Waals surface area contributed by atoms with E-state index in [4.69, 9.17) is 4.74 Å². The summed E-state index contributed by atoms with van der Waals surface area (Å²) >= 11 is 0. The Kier molecular flexibility index (Phi) is 5.19. The highest BCUT2D eigenvalue weighted by atomic mass is 16.5. The number of anilines is 1. The Morgan fingerprint density at radius 2 is 1.97 bits per heavy atom. The van der Waals surface area contributed by atoms with Crippen molar-refractivity contribution < 1.29 is 9.53 Å². The molecular formula is C22H27N7O2. The summed E-state index contributed by atoms with van der Waals surface area (Å²) in [5, 5.41) is 15.8. The third-order valence-corrected chi connectivity index (χ3v) is 6.31. The molecule has 1 aromatic carbocycles. The van der Waals surface area contributed by atoms with E-state index in [1.165, 1.54) is 5.56 Å². The van der Waals surface area contributed by atoms with E-state index >= 15 is 0 Å². The molecule has 0 spiro atoms. The molecule has 0 radical (unpaired) electrons. The summed E-state index contributed by atoms with van der Waals surface area (Å²) in [7, 11) is 1.62. The number of aryl methyl sites for hydroxylation is 1. The second kappa shape index (κ2) is 8.14. The quantitative estimate of drug-likeness (QED) is 0.655. The lowest BCUT2D eigenvalue weighted by molar-refractivity contribution is 0.100. The van der Waals surface area contributed by atoms with Crippen LogP contribution in [-0.2, 0) is 26.1 Å². The minimum absolute atomic E-state index is 0.232. The molecule has 2 atom stereocenters. The fraction of sp³-hybridized carbons (Fsp3) is 0.455. The molecule has 0 bridgehead atoms. The molecule has 4 heterocycles. The van der Waals surface area contributed by atoms with Gasteiger partial charge < -0.3 is 14.6 Å². The molecule has 0 aliphatic carbocycles. The Morgan fingerprint density at radius 1 is 1.16 bits per heavy atom. The van der Waals surface area contributed by atoms with Crippen LogP contribution in [-0.4, -0.2) is 55.6 Å². The fourth-order valence-corrected chi connectivity index (χ4v) is 4.70. The van der Waals surface area contributed by atoms with Crippen LogP contribution in [0.3, 0.4) is 0 Å². The molecular weight excluding hydrogens is 394 g/mol. The van der Waals surface area contributed by atoms with Gasteiger partial charge in [-0.3, -0.25) is 14.4 Å². The number of methoxy groups -OCH3 is 1. The van der Waals surface area contributed by atoms with Gasteiger partial charge in [0.1, 0.15) is 11.6 Å². The van der Waals surface area contributed by atoms with Gasteiger partial charge in [0.2, 0.25) is 5.82 Å². The summed E-state index contributed by atoms with van der Waals surface area (Å²) in [6.45, 7) is 6.74. The molecule has 9 nitrogen and oxygen atoms in total. The molecule has 2 aromatic heterocycles. The van der Waals surface area contributed by atoms with Crippen LogP contribution in [0.1, 0.15) is 28.9 Å². The zero-order chi connectivity index (χ0) is 21.4. The molecule has 3 aromatic rings. The average molecular weight is 422 g/mol. The lowest BCUT2D eigenvalue weighted by atomic mass is 9.89. The van der Waals surface area contributed by atoms with Crippen molar-refractivity contribution >= 4 is 11.6 Å². The van der Waals surface area contributed by atoms with Crippen LogP contribution in [0.2, 0.25) is 0 Å². The highest BCUT2D eigenvalue weighted by Crippen LogP contribution is 2.33. The normalized spacial score (nSPS) is 20.3. The van der Waals surface area contributed by atoms with Gasteiger partial charge in [-0.1, -0.05) is 0 Å². The molecule has 0 saturated carbocycles. The SMILES string of the molecule is CCn1cc(CN2C[C@@H]3Cn4c(nnc4C(=O)Nc4ccc(OC)cc4)C[C@H]3C2)cn1. The largest absolute Gasteiger partial charge is 0.497 e. The van der Waals surface area contributed by atoms with Crippen molar-refractivity contribution in [3.05, 3.63) is 53.9 Å². The van der Waals surface area contributed by atoms with Crippen molar-refractivity contribution in [3.63, 3.8) is 0 Å². The third kappa shape index (κ3) is 3.93. The van der Waals surface area contributed by atoms with E-state index in [1.807, 2.05) is 39.7 Å². The third-order valence-electron chi connectivity index (χ3n) is 6.31. The zero-order valence-electron chi connectivity index (χ0n) is 17.9. The second-order valence-corrected chi connectivity index (χ2v) is 8.36. The molecule has 162 valence electrons. The van der Waals surface area contributed by atoms with Crippen molar-refractivity contribution in [2.24, 2.45) is 11.8 Å². The number of benzene rings is 1. The summed E-state index contributed by atoms with van der Waals surface area (Å²) in [6, 6.07) is 7.26. The molecule has 1 saturated heterocycles. The van der Waals surface area contributed by atoms with Crippen molar-refractivity contribution in [3.8, 4) is 5.75 Å². The maximum Gasteiger partial charge on any atom is 0.293 e. The second-order valence-electron chi connectivity index (χ2n) is 8.36. The van der Waals surface area contributed by atoms with E-state index < -0.39 is 0 Å². The lowest BCUT2D eigenvalue weighted by Crippen LogP contribution is -2.31.